The molecule has 8 nitrogen and oxygen atoms in total. The lowest BCUT2D eigenvalue weighted by Gasteiger charge is -2.14. The van der Waals surface area contributed by atoms with Crippen molar-refractivity contribution in [1.29, 1.82) is 0 Å². The Bertz CT molecular complexity index is 1090. The summed E-state index contributed by atoms with van der Waals surface area (Å²) in [5.41, 5.74) is 2.53. The predicted molar refractivity (Wildman–Crippen MR) is 97.9 cm³/mol. The van der Waals surface area contributed by atoms with Crippen LogP contribution in [-0.4, -0.2) is 41.5 Å². The maximum atomic E-state index is 12.1. The van der Waals surface area contributed by atoms with E-state index >= 15 is 0 Å². The Morgan fingerprint density at radius 1 is 1.12 bits per heavy atom. The SMILES string of the molecule is CN(Cc1cnn(-c2ccccc2)c1)Cc1nc2c(cnn2C)c(=O)[nH]1. The molecule has 4 rings (SSSR count). The second kappa shape index (κ2) is 6.57. The molecule has 0 bridgehead atoms. The van der Waals surface area contributed by atoms with Crippen LogP contribution >= 0.6 is 0 Å². The molecule has 3 aromatic heterocycles. The summed E-state index contributed by atoms with van der Waals surface area (Å²) < 4.78 is 3.46. The van der Waals surface area contributed by atoms with Gasteiger partial charge in [0.1, 0.15) is 11.2 Å². The number of para-hydroxylation sites is 1. The molecule has 1 N–H and O–H groups in total. The molecular formula is C18H19N7O. The molecule has 0 radical (unpaired) electrons. The number of aryl methyl sites for hydroxylation is 1. The highest BCUT2D eigenvalue weighted by Gasteiger charge is 2.11. The number of nitrogens with zero attached hydrogens (tertiary/aromatic N) is 6. The van der Waals surface area contributed by atoms with Crippen molar-refractivity contribution in [3.05, 3.63) is 70.7 Å². The van der Waals surface area contributed by atoms with E-state index in [-0.39, 0.29) is 5.56 Å². The molecule has 0 saturated carbocycles. The van der Waals surface area contributed by atoms with E-state index in [0.717, 1.165) is 11.3 Å². The summed E-state index contributed by atoms with van der Waals surface area (Å²) in [6.07, 6.45) is 5.39. The Kier molecular flexibility index (Phi) is 4.10. The smallest absolute Gasteiger partial charge is 0.262 e. The molecule has 0 amide bonds. The Labute approximate surface area is 149 Å². The van der Waals surface area contributed by atoms with E-state index < -0.39 is 0 Å². The van der Waals surface area contributed by atoms with E-state index in [4.69, 9.17) is 0 Å². The zero-order valence-electron chi connectivity index (χ0n) is 14.6. The molecule has 0 fully saturated rings. The van der Waals surface area contributed by atoms with Crippen LogP contribution in [0.15, 0.2) is 53.7 Å². The molecule has 0 saturated heterocycles. The van der Waals surface area contributed by atoms with Gasteiger partial charge in [0.25, 0.3) is 5.56 Å². The van der Waals surface area contributed by atoms with Crippen LogP contribution in [0, 0.1) is 0 Å². The van der Waals surface area contributed by atoms with Gasteiger partial charge in [0.05, 0.1) is 24.6 Å². The second-order valence-corrected chi connectivity index (χ2v) is 6.32. The Morgan fingerprint density at radius 2 is 1.92 bits per heavy atom. The van der Waals surface area contributed by atoms with Gasteiger partial charge in [-0.3, -0.25) is 14.4 Å². The van der Waals surface area contributed by atoms with Gasteiger partial charge in [-0.2, -0.15) is 10.2 Å². The van der Waals surface area contributed by atoms with Gasteiger partial charge >= 0.3 is 0 Å². The number of hydrogen-bond acceptors (Lipinski definition) is 5. The number of aromatic nitrogens is 6. The van der Waals surface area contributed by atoms with Crippen LogP contribution in [0.25, 0.3) is 16.7 Å². The van der Waals surface area contributed by atoms with Crippen LogP contribution in [-0.2, 0) is 20.1 Å². The van der Waals surface area contributed by atoms with E-state index in [2.05, 4.69) is 25.1 Å². The average Bonchev–Trinajstić information content (AvgIpc) is 3.23. The van der Waals surface area contributed by atoms with Gasteiger partial charge in [-0.25, -0.2) is 9.67 Å². The number of nitrogens with one attached hydrogen (secondary N) is 1. The molecule has 4 aromatic rings. The number of benzene rings is 1. The predicted octanol–water partition coefficient (Wildman–Crippen LogP) is 1.47. The van der Waals surface area contributed by atoms with Crippen LogP contribution in [0.2, 0.25) is 0 Å². The lowest BCUT2D eigenvalue weighted by atomic mass is 10.3. The highest BCUT2D eigenvalue weighted by atomic mass is 16.1. The highest BCUT2D eigenvalue weighted by Crippen LogP contribution is 2.11. The summed E-state index contributed by atoms with van der Waals surface area (Å²) in [5.74, 6) is 0.615. The first-order valence-corrected chi connectivity index (χ1v) is 8.28. The summed E-state index contributed by atoms with van der Waals surface area (Å²) in [6, 6.07) is 9.98. The van der Waals surface area contributed by atoms with E-state index in [0.29, 0.717) is 29.9 Å². The van der Waals surface area contributed by atoms with Crippen molar-refractivity contribution in [1.82, 2.24) is 34.4 Å². The zero-order valence-corrected chi connectivity index (χ0v) is 14.6. The molecule has 0 aliphatic heterocycles. The number of hydrogen-bond donors (Lipinski definition) is 1. The summed E-state index contributed by atoms with van der Waals surface area (Å²) >= 11 is 0. The molecule has 8 heteroatoms. The molecule has 3 heterocycles. The largest absolute Gasteiger partial charge is 0.309 e. The van der Waals surface area contributed by atoms with Gasteiger partial charge in [0.2, 0.25) is 0 Å². The van der Waals surface area contributed by atoms with Crippen molar-refractivity contribution in [2.45, 2.75) is 13.1 Å². The summed E-state index contributed by atoms with van der Waals surface area (Å²) in [5, 5.41) is 9.00. The number of aromatic amines is 1. The minimum atomic E-state index is -0.164. The molecule has 26 heavy (non-hydrogen) atoms. The number of fused-ring (bicyclic) bond motifs is 1. The lowest BCUT2D eigenvalue weighted by Crippen LogP contribution is -2.21. The van der Waals surface area contributed by atoms with E-state index in [1.807, 2.05) is 54.5 Å². The van der Waals surface area contributed by atoms with E-state index in [9.17, 15) is 4.79 Å². The summed E-state index contributed by atoms with van der Waals surface area (Å²) in [4.78, 5) is 21.5. The zero-order chi connectivity index (χ0) is 18.1. The standard InChI is InChI=1S/C18H19N7O/c1-23(10-13-8-20-25(11-13)14-6-4-3-5-7-14)12-16-21-17-15(18(26)22-16)9-19-24(17)2/h3-9,11H,10,12H2,1-2H3,(H,21,22,26). The molecule has 1 aromatic carbocycles. The number of H-pyrrole nitrogens is 1. The minimum Gasteiger partial charge on any atom is -0.309 e. The molecular weight excluding hydrogens is 330 g/mol. The van der Waals surface area contributed by atoms with Crippen molar-refractivity contribution < 1.29 is 0 Å². The van der Waals surface area contributed by atoms with Crippen LogP contribution in [0.3, 0.4) is 0 Å². The second-order valence-electron chi connectivity index (χ2n) is 6.32. The van der Waals surface area contributed by atoms with Gasteiger partial charge in [-0.1, -0.05) is 18.2 Å². The first-order chi connectivity index (χ1) is 12.6. The molecule has 132 valence electrons. The molecule has 0 aliphatic carbocycles. The van der Waals surface area contributed by atoms with Crippen LogP contribution in [0.5, 0.6) is 0 Å². The van der Waals surface area contributed by atoms with Crippen LogP contribution in [0.4, 0.5) is 0 Å². The molecule has 0 aliphatic rings. The minimum absolute atomic E-state index is 0.164. The van der Waals surface area contributed by atoms with Crippen molar-refractivity contribution in [3.63, 3.8) is 0 Å². The third-order valence-electron chi connectivity index (χ3n) is 4.18. The fourth-order valence-electron chi connectivity index (χ4n) is 2.94. The van der Waals surface area contributed by atoms with Gasteiger partial charge in [-0.15, -0.1) is 0 Å². The van der Waals surface area contributed by atoms with Crippen molar-refractivity contribution >= 4 is 11.0 Å². The normalized spacial score (nSPS) is 11.5. The van der Waals surface area contributed by atoms with E-state index in [1.54, 1.807) is 11.7 Å². The van der Waals surface area contributed by atoms with Crippen molar-refractivity contribution in [3.8, 4) is 5.69 Å². The first kappa shape index (κ1) is 16.2. The van der Waals surface area contributed by atoms with Crippen LogP contribution in [0.1, 0.15) is 11.4 Å². The van der Waals surface area contributed by atoms with Gasteiger partial charge in [0.15, 0.2) is 5.65 Å². The third-order valence-corrected chi connectivity index (χ3v) is 4.18. The Hall–Kier alpha value is -3.26. The first-order valence-electron chi connectivity index (χ1n) is 8.28. The quantitative estimate of drug-likeness (QED) is 0.590. The highest BCUT2D eigenvalue weighted by molar-refractivity contribution is 5.72. The monoisotopic (exact) mass is 349 g/mol. The van der Waals surface area contributed by atoms with Gasteiger partial charge in [0, 0.05) is 25.4 Å². The molecule has 0 atom stereocenters. The fraction of sp³-hybridized carbons (Fsp3) is 0.222. The average molecular weight is 349 g/mol. The molecule has 0 unspecified atom stereocenters. The van der Waals surface area contributed by atoms with Gasteiger partial charge < -0.3 is 4.98 Å². The topological polar surface area (TPSA) is 84.6 Å². The maximum absolute atomic E-state index is 12.1. The lowest BCUT2D eigenvalue weighted by molar-refractivity contribution is 0.310. The van der Waals surface area contributed by atoms with Crippen molar-refractivity contribution in [2.75, 3.05) is 7.05 Å². The summed E-state index contributed by atoms with van der Waals surface area (Å²) in [6.45, 7) is 1.22. The van der Waals surface area contributed by atoms with Gasteiger partial charge in [-0.05, 0) is 19.2 Å². The van der Waals surface area contributed by atoms with Crippen molar-refractivity contribution in [2.24, 2.45) is 7.05 Å². The third kappa shape index (κ3) is 3.14. The maximum Gasteiger partial charge on any atom is 0.262 e. The Morgan fingerprint density at radius 3 is 2.73 bits per heavy atom. The Balaban J connectivity index is 1.49. The van der Waals surface area contributed by atoms with E-state index in [1.165, 1.54) is 6.20 Å². The fourth-order valence-corrected chi connectivity index (χ4v) is 2.94. The molecule has 0 spiro atoms. The number of rotatable bonds is 5. The van der Waals surface area contributed by atoms with Crippen LogP contribution < -0.4 is 5.56 Å². The summed E-state index contributed by atoms with van der Waals surface area (Å²) in [7, 11) is 3.76.